The molecule has 1 N–H and O–H groups in total. The van der Waals surface area contributed by atoms with Gasteiger partial charge in [0.1, 0.15) is 0 Å². The molecule has 1 heterocycles. The van der Waals surface area contributed by atoms with E-state index < -0.39 is 0 Å². The average Bonchev–Trinajstić information content (AvgIpc) is 2.41. The highest BCUT2D eigenvalue weighted by Crippen LogP contribution is 2.14. The van der Waals surface area contributed by atoms with E-state index >= 15 is 0 Å². The van der Waals surface area contributed by atoms with Crippen LogP contribution in [0.1, 0.15) is 24.0 Å². The van der Waals surface area contributed by atoms with Gasteiger partial charge in [-0.1, -0.05) is 29.8 Å². The summed E-state index contributed by atoms with van der Waals surface area (Å²) in [6.07, 6.45) is 2.12. The maximum absolute atomic E-state index is 12.3. The van der Waals surface area contributed by atoms with Gasteiger partial charge in [0.2, 0.25) is 5.91 Å². The number of amides is 1. The number of hydrogen-bond donors (Lipinski definition) is 1. The number of nitrogens with one attached hydrogen (secondary N) is 1. The van der Waals surface area contributed by atoms with Crippen molar-refractivity contribution in [3.05, 3.63) is 35.4 Å². The van der Waals surface area contributed by atoms with E-state index in [9.17, 15) is 4.79 Å². The van der Waals surface area contributed by atoms with E-state index in [1.54, 1.807) is 0 Å². The molecule has 1 aliphatic rings. The largest absolute Gasteiger partial charge is 0.341 e. The van der Waals surface area contributed by atoms with Gasteiger partial charge in [0.15, 0.2) is 0 Å². The summed E-state index contributed by atoms with van der Waals surface area (Å²) >= 11 is 0. The summed E-state index contributed by atoms with van der Waals surface area (Å²) in [5, 5.41) is 3.29. The van der Waals surface area contributed by atoms with Crippen molar-refractivity contribution in [3.8, 4) is 0 Å². The van der Waals surface area contributed by atoms with Crippen molar-refractivity contribution in [2.24, 2.45) is 5.92 Å². The van der Waals surface area contributed by atoms with Crippen LogP contribution in [0.4, 0.5) is 0 Å². The fraction of sp³-hybridized carbons (Fsp3) is 0.533. The third-order valence-corrected chi connectivity index (χ3v) is 3.56. The van der Waals surface area contributed by atoms with Crippen LogP contribution >= 0.6 is 12.4 Å². The van der Waals surface area contributed by atoms with Crippen LogP contribution in [0.5, 0.6) is 0 Å². The van der Waals surface area contributed by atoms with Gasteiger partial charge in [-0.25, -0.2) is 0 Å². The maximum Gasteiger partial charge on any atom is 0.227 e. The predicted molar refractivity (Wildman–Crippen MR) is 80.5 cm³/mol. The van der Waals surface area contributed by atoms with Gasteiger partial charge in [-0.3, -0.25) is 4.79 Å². The highest BCUT2D eigenvalue weighted by molar-refractivity contribution is 5.85. The van der Waals surface area contributed by atoms with Gasteiger partial charge in [-0.05, 0) is 31.9 Å². The molecule has 1 unspecified atom stereocenters. The molecule has 4 heteroatoms. The van der Waals surface area contributed by atoms with Gasteiger partial charge in [0.05, 0.1) is 5.92 Å². The lowest BCUT2D eigenvalue weighted by molar-refractivity contribution is -0.135. The van der Waals surface area contributed by atoms with E-state index in [0.29, 0.717) is 6.54 Å². The third kappa shape index (κ3) is 4.51. The lowest BCUT2D eigenvalue weighted by Crippen LogP contribution is -2.41. The Labute approximate surface area is 121 Å². The average molecular weight is 283 g/mol. The normalized spacial score (nSPS) is 18.5. The molecular weight excluding hydrogens is 260 g/mol. The van der Waals surface area contributed by atoms with Crippen LogP contribution in [0.25, 0.3) is 0 Å². The summed E-state index contributed by atoms with van der Waals surface area (Å²) in [6.45, 7) is 4.66. The number of carbonyl (C=O) groups excluding carboxylic acids is 1. The summed E-state index contributed by atoms with van der Waals surface area (Å²) in [5.74, 6) is 0.428. The maximum atomic E-state index is 12.3. The Hall–Kier alpha value is -1.06. The lowest BCUT2D eigenvalue weighted by Gasteiger charge is -2.27. The number of rotatable bonds is 3. The number of benzene rings is 1. The fourth-order valence-corrected chi connectivity index (χ4v) is 2.42. The minimum Gasteiger partial charge on any atom is -0.341 e. The first-order chi connectivity index (χ1) is 8.66. The van der Waals surface area contributed by atoms with Crippen molar-refractivity contribution in [1.29, 1.82) is 0 Å². The molecule has 3 nitrogen and oxygen atoms in total. The molecule has 0 aliphatic carbocycles. The molecule has 0 radical (unpaired) electrons. The van der Waals surface area contributed by atoms with Crippen LogP contribution in [0.15, 0.2) is 24.3 Å². The topological polar surface area (TPSA) is 32.3 Å². The Morgan fingerprint density at radius 3 is 2.63 bits per heavy atom. The minimum absolute atomic E-state index is 0. The molecule has 1 aromatic carbocycles. The van der Waals surface area contributed by atoms with E-state index in [2.05, 4.69) is 36.5 Å². The van der Waals surface area contributed by atoms with E-state index in [4.69, 9.17) is 0 Å². The molecule has 1 saturated heterocycles. The molecule has 0 aromatic heterocycles. The van der Waals surface area contributed by atoms with Gasteiger partial charge >= 0.3 is 0 Å². The first-order valence-corrected chi connectivity index (χ1v) is 6.68. The molecule has 1 fully saturated rings. The highest BCUT2D eigenvalue weighted by atomic mass is 35.5. The number of carbonyl (C=O) groups is 1. The smallest absolute Gasteiger partial charge is 0.227 e. The highest BCUT2D eigenvalue weighted by Gasteiger charge is 2.23. The Kier molecular flexibility index (Phi) is 6.32. The van der Waals surface area contributed by atoms with Crippen molar-refractivity contribution >= 4 is 18.3 Å². The van der Waals surface area contributed by atoms with Gasteiger partial charge in [0, 0.05) is 20.1 Å². The van der Waals surface area contributed by atoms with Crippen LogP contribution in [0.2, 0.25) is 0 Å². The SMILES string of the molecule is Cc1ccc(CN(C)C(=O)C2CCCNC2)cc1.Cl. The molecule has 0 bridgehead atoms. The van der Waals surface area contributed by atoms with Crippen molar-refractivity contribution in [3.63, 3.8) is 0 Å². The lowest BCUT2D eigenvalue weighted by atomic mass is 9.98. The molecule has 2 rings (SSSR count). The number of hydrogen-bond acceptors (Lipinski definition) is 2. The summed E-state index contributed by atoms with van der Waals surface area (Å²) in [6, 6.07) is 8.38. The van der Waals surface area contributed by atoms with Crippen molar-refractivity contribution in [1.82, 2.24) is 10.2 Å². The zero-order valence-corrected chi connectivity index (χ0v) is 12.5. The molecule has 1 amide bonds. The van der Waals surface area contributed by atoms with Crippen LogP contribution in [0, 0.1) is 12.8 Å². The van der Waals surface area contributed by atoms with E-state index in [1.165, 1.54) is 11.1 Å². The number of halogens is 1. The summed E-state index contributed by atoms with van der Waals surface area (Å²) < 4.78 is 0. The van der Waals surface area contributed by atoms with E-state index in [1.807, 2.05) is 11.9 Å². The van der Waals surface area contributed by atoms with Crippen molar-refractivity contribution < 1.29 is 4.79 Å². The molecule has 19 heavy (non-hydrogen) atoms. The second kappa shape index (κ2) is 7.51. The Bertz CT molecular complexity index is 399. The molecule has 1 aliphatic heterocycles. The van der Waals surface area contributed by atoms with Crippen LogP contribution in [-0.4, -0.2) is 30.9 Å². The molecular formula is C15H23ClN2O. The van der Waals surface area contributed by atoms with Crippen LogP contribution < -0.4 is 5.32 Å². The Balaban J connectivity index is 0.00000180. The van der Waals surface area contributed by atoms with Crippen molar-refractivity contribution in [2.45, 2.75) is 26.3 Å². The minimum atomic E-state index is 0. The Morgan fingerprint density at radius 1 is 1.37 bits per heavy atom. The molecule has 106 valence electrons. The Morgan fingerprint density at radius 2 is 2.05 bits per heavy atom. The fourth-order valence-electron chi connectivity index (χ4n) is 2.42. The summed E-state index contributed by atoms with van der Waals surface area (Å²) in [4.78, 5) is 14.1. The monoisotopic (exact) mass is 282 g/mol. The standard InChI is InChI=1S/C15H22N2O.ClH/c1-12-5-7-13(8-6-12)11-17(2)15(18)14-4-3-9-16-10-14;/h5-8,14,16H,3-4,9-11H2,1-2H3;1H. The number of nitrogens with zero attached hydrogens (tertiary/aromatic N) is 1. The third-order valence-electron chi connectivity index (χ3n) is 3.56. The van der Waals surface area contributed by atoms with E-state index in [-0.39, 0.29) is 24.2 Å². The first-order valence-electron chi connectivity index (χ1n) is 6.68. The van der Waals surface area contributed by atoms with Gasteiger partial charge in [0.25, 0.3) is 0 Å². The molecule has 1 aromatic rings. The van der Waals surface area contributed by atoms with E-state index in [0.717, 1.165) is 25.9 Å². The predicted octanol–water partition coefficient (Wildman–Crippen LogP) is 2.37. The summed E-state index contributed by atoms with van der Waals surface area (Å²) in [7, 11) is 1.90. The summed E-state index contributed by atoms with van der Waals surface area (Å²) in [5.41, 5.74) is 2.45. The zero-order chi connectivity index (χ0) is 13.0. The number of piperidine rings is 1. The second-order valence-corrected chi connectivity index (χ2v) is 5.22. The second-order valence-electron chi connectivity index (χ2n) is 5.22. The van der Waals surface area contributed by atoms with Gasteiger partial charge < -0.3 is 10.2 Å². The first kappa shape index (κ1) is 16.0. The van der Waals surface area contributed by atoms with Crippen LogP contribution in [-0.2, 0) is 11.3 Å². The van der Waals surface area contributed by atoms with Crippen LogP contribution in [0.3, 0.4) is 0 Å². The van der Waals surface area contributed by atoms with Crippen molar-refractivity contribution in [2.75, 3.05) is 20.1 Å². The zero-order valence-electron chi connectivity index (χ0n) is 11.7. The molecule has 0 spiro atoms. The van der Waals surface area contributed by atoms with Gasteiger partial charge in [-0.15, -0.1) is 12.4 Å². The molecule has 0 saturated carbocycles. The quantitative estimate of drug-likeness (QED) is 0.923. The number of aryl methyl sites for hydroxylation is 1. The van der Waals surface area contributed by atoms with Gasteiger partial charge in [-0.2, -0.15) is 0 Å². The molecule has 1 atom stereocenters.